The molecule has 0 fully saturated rings. The zero-order valence-corrected chi connectivity index (χ0v) is 12.3. The van der Waals surface area contributed by atoms with E-state index in [9.17, 15) is 9.18 Å². The van der Waals surface area contributed by atoms with E-state index in [0.29, 0.717) is 5.71 Å². The molecule has 1 N–H and O–H groups in total. The maximum Gasteiger partial charge on any atom is 0.352 e. The lowest BCUT2D eigenvalue weighted by Crippen LogP contribution is -2.26. The van der Waals surface area contributed by atoms with Crippen LogP contribution in [-0.4, -0.2) is 31.6 Å². The van der Waals surface area contributed by atoms with Gasteiger partial charge in [0.15, 0.2) is 11.6 Å². The van der Waals surface area contributed by atoms with Crippen LogP contribution in [0.15, 0.2) is 17.1 Å². The lowest BCUT2D eigenvalue weighted by atomic mass is 9.94. The van der Waals surface area contributed by atoms with Gasteiger partial charge in [0.1, 0.15) is 5.71 Å². The molecule has 1 aromatic rings. The standard InChI is InChI=1S/C14H14ClFN2O3/c1-20-13-9(15)4-3-8(12(13)16)10-5-7(17)6-11(18-10)14(19)21-2/h3-4,10,17H,5-6H2,1-2H3. The SMILES string of the molecule is COC(=O)C1=NC(c2ccc(Cl)c(OC)c2F)CC(=N)C1. The molecule has 1 aliphatic heterocycles. The molecule has 21 heavy (non-hydrogen) atoms. The van der Waals surface area contributed by atoms with Gasteiger partial charge in [-0.05, 0) is 6.07 Å². The van der Waals surface area contributed by atoms with Crippen molar-refractivity contribution < 1.29 is 18.7 Å². The van der Waals surface area contributed by atoms with E-state index in [4.69, 9.17) is 21.7 Å². The topological polar surface area (TPSA) is 71.7 Å². The van der Waals surface area contributed by atoms with Crippen molar-refractivity contribution in [1.29, 1.82) is 5.41 Å². The molecular weight excluding hydrogens is 299 g/mol. The first-order chi connectivity index (χ1) is 9.97. The van der Waals surface area contributed by atoms with Crippen molar-refractivity contribution in [2.75, 3.05) is 14.2 Å². The molecule has 112 valence electrons. The molecule has 5 nitrogen and oxygen atoms in total. The number of nitrogens with zero attached hydrogens (tertiary/aromatic N) is 1. The third kappa shape index (κ3) is 3.05. The van der Waals surface area contributed by atoms with Crippen molar-refractivity contribution in [3.63, 3.8) is 0 Å². The molecule has 0 amide bonds. The normalized spacial score (nSPS) is 18.2. The number of methoxy groups -OCH3 is 2. The number of benzene rings is 1. The van der Waals surface area contributed by atoms with E-state index in [1.54, 1.807) is 0 Å². The van der Waals surface area contributed by atoms with Crippen molar-refractivity contribution in [2.24, 2.45) is 4.99 Å². The summed E-state index contributed by atoms with van der Waals surface area (Å²) in [6, 6.07) is 2.33. The maximum absolute atomic E-state index is 14.4. The molecule has 0 saturated heterocycles. The van der Waals surface area contributed by atoms with Crippen molar-refractivity contribution >= 4 is 29.0 Å². The fraction of sp³-hybridized carbons (Fsp3) is 0.357. The fourth-order valence-corrected chi connectivity index (χ4v) is 2.42. The smallest absolute Gasteiger partial charge is 0.352 e. The molecule has 0 saturated carbocycles. The maximum atomic E-state index is 14.4. The van der Waals surface area contributed by atoms with Crippen LogP contribution < -0.4 is 4.74 Å². The minimum Gasteiger partial charge on any atom is -0.492 e. The minimum atomic E-state index is -0.661. The Labute approximate surface area is 126 Å². The second-order valence-corrected chi connectivity index (χ2v) is 4.96. The molecule has 0 radical (unpaired) electrons. The largest absolute Gasteiger partial charge is 0.492 e. The molecule has 1 aliphatic rings. The summed E-state index contributed by atoms with van der Waals surface area (Å²) in [5.74, 6) is -1.30. The summed E-state index contributed by atoms with van der Waals surface area (Å²) >= 11 is 5.85. The molecule has 1 aromatic carbocycles. The number of carbonyl (C=O) groups is 1. The Morgan fingerprint density at radius 2 is 2.19 bits per heavy atom. The highest BCUT2D eigenvalue weighted by Gasteiger charge is 2.28. The molecule has 0 spiro atoms. The molecule has 1 unspecified atom stereocenters. The Morgan fingerprint density at radius 3 is 2.81 bits per heavy atom. The van der Waals surface area contributed by atoms with Gasteiger partial charge in [-0.1, -0.05) is 17.7 Å². The number of hydrogen-bond donors (Lipinski definition) is 1. The van der Waals surface area contributed by atoms with Crippen molar-refractivity contribution in [3.05, 3.63) is 28.5 Å². The van der Waals surface area contributed by atoms with Gasteiger partial charge in [-0.2, -0.15) is 0 Å². The number of rotatable bonds is 3. The molecule has 0 aromatic heterocycles. The summed E-state index contributed by atoms with van der Waals surface area (Å²) in [7, 11) is 2.56. The molecule has 2 rings (SSSR count). The quantitative estimate of drug-likeness (QED) is 0.872. The van der Waals surface area contributed by atoms with Crippen LogP contribution in [0, 0.1) is 11.2 Å². The van der Waals surface area contributed by atoms with Gasteiger partial charge in [0.25, 0.3) is 0 Å². The zero-order chi connectivity index (χ0) is 15.6. The van der Waals surface area contributed by atoms with Gasteiger partial charge in [-0.15, -0.1) is 0 Å². The van der Waals surface area contributed by atoms with E-state index >= 15 is 0 Å². The van der Waals surface area contributed by atoms with Crippen LogP contribution in [0.3, 0.4) is 0 Å². The first-order valence-electron chi connectivity index (χ1n) is 6.21. The average molecular weight is 313 g/mol. The first kappa shape index (κ1) is 15.4. The van der Waals surface area contributed by atoms with Gasteiger partial charge < -0.3 is 14.9 Å². The Bertz CT molecular complexity index is 631. The number of hydrogen-bond acceptors (Lipinski definition) is 5. The van der Waals surface area contributed by atoms with Crippen molar-refractivity contribution in [2.45, 2.75) is 18.9 Å². The fourth-order valence-electron chi connectivity index (χ4n) is 2.20. The highest BCUT2D eigenvalue weighted by molar-refractivity contribution is 6.40. The van der Waals surface area contributed by atoms with Crippen LogP contribution in [0.5, 0.6) is 5.75 Å². The number of esters is 1. The van der Waals surface area contributed by atoms with Crippen LogP contribution >= 0.6 is 11.6 Å². The van der Waals surface area contributed by atoms with Crippen molar-refractivity contribution in [1.82, 2.24) is 0 Å². The molecule has 1 heterocycles. The second kappa shape index (κ2) is 6.22. The van der Waals surface area contributed by atoms with E-state index < -0.39 is 17.8 Å². The highest BCUT2D eigenvalue weighted by Crippen LogP contribution is 2.36. The van der Waals surface area contributed by atoms with Gasteiger partial charge in [-0.3, -0.25) is 4.99 Å². The summed E-state index contributed by atoms with van der Waals surface area (Å²) in [6.07, 6.45) is 0.359. The van der Waals surface area contributed by atoms with Gasteiger partial charge in [0.2, 0.25) is 0 Å². The second-order valence-electron chi connectivity index (χ2n) is 4.55. The monoisotopic (exact) mass is 312 g/mol. The van der Waals surface area contributed by atoms with Crippen molar-refractivity contribution in [3.8, 4) is 5.75 Å². The number of nitrogens with one attached hydrogen (secondary N) is 1. The Morgan fingerprint density at radius 1 is 1.48 bits per heavy atom. The third-order valence-electron chi connectivity index (χ3n) is 3.20. The van der Waals surface area contributed by atoms with Gasteiger partial charge in [-0.25, -0.2) is 9.18 Å². The summed E-state index contributed by atoms with van der Waals surface area (Å²) in [4.78, 5) is 15.8. The Balaban J connectivity index is 2.46. The summed E-state index contributed by atoms with van der Waals surface area (Å²) in [5, 5.41) is 7.96. The van der Waals surface area contributed by atoms with Gasteiger partial charge in [0.05, 0.1) is 25.3 Å². The number of aliphatic imine (C=N–C) groups is 1. The molecular formula is C14H14ClFN2O3. The minimum absolute atomic E-state index is 0.0684. The lowest BCUT2D eigenvalue weighted by Gasteiger charge is -2.21. The Hall–Kier alpha value is -1.95. The predicted octanol–water partition coefficient (Wildman–Crippen LogP) is 2.96. The summed E-state index contributed by atoms with van der Waals surface area (Å²) < 4.78 is 23.9. The van der Waals surface area contributed by atoms with Crippen LogP contribution in [0.1, 0.15) is 24.4 Å². The number of carbonyl (C=O) groups excluding carboxylic acids is 1. The zero-order valence-electron chi connectivity index (χ0n) is 11.6. The van der Waals surface area contributed by atoms with Crippen LogP contribution in [-0.2, 0) is 9.53 Å². The molecule has 0 bridgehead atoms. The first-order valence-corrected chi connectivity index (χ1v) is 6.58. The molecule has 7 heteroatoms. The van der Waals surface area contributed by atoms with Gasteiger partial charge in [0, 0.05) is 24.1 Å². The predicted molar refractivity (Wildman–Crippen MR) is 77.1 cm³/mol. The van der Waals surface area contributed by atoms with Crippen LogP contribution in [0.2, 0.25) is 5.02 Å². The van der Waals surface area contributed by atoms with Crippen LogP contribution in [0.4, 0.5) is 4.39 Å². The van der Waals surface area contributed by atoms with E-state index in [-0.39, 0.29) is 34.9 Å². The highest BCUT2D eigenvalue weighted by atomic mass is 35.5. The molecule has 0 aliphatic carbocycles. The van der Waals surface area contributed by atoms with E-state index in [0.717, 1.165) is 0 Å². The van der Waals surface area contributed by atoms with E-state index in [1.807, 2.05) is 0 Å². The lowest BCUT2D eigenvalue weighted by molar-refractivity contribution is -0.132. The number of ether oxygens (including phenoxy) is 2. The van der Waals surface area contributed by atoms with E-state index in [1.165, 1.54) is 26.4 Å². The third-order valence-corrected chi connectivity index (χ3v) is 3.49. The summed E-state index contributed by atoms with van der Waals surface area (Å²) in [5.41, 5.74) is 0.651. The molecule has 1 atom stereocenters. The number of halogens is 2. The van der Waals surface area contributed by atoms with Gasteiger partial charge >= 0.3 is 5.97 Å². The van der Waals surface area contributed by atoms with Crippen LogP contribution in [0.25, 0.3) is 0 Å². The average Bonchev–Trinajstić information content (AvgIpc) is 2.46. The Kier molecular flexibility index (Phi) is 4.57. The summed E-state index contributed by atoms with van der Waals surface area (Å²) in [6.45, 7) is 0. The van der Waals surface area contributed by atoms with E-state index in [2.05, 4.69) is 9.73 Å².